The van der Waals surface area contributed by atoms with Crippen LogP contribution in [0.15, 0.2) is 15.9 Å². The fourth-order valence-corrected chi connectivity index (χ4v) is 4.14. The Morgan fingerprint density at radius 3 is 2.89 bits per heavy atom. The van der Waals surface area contributed by atoms with Crippen molar-refractivity contribution in [1.29, 1.82) is 0 Å². The minimum Gasteiger partial charge on any atom is -0.481 e. The minimum absolute atomic E-state index is 0.0606. The molecule has 6 heteroatoms. The Balaban J connectivity index is 2.39. The summed E-state index contributed by atoms with van der Waals surface area (Å²) in [5, 5.41) is 11.2. The fourth-order valence-electron chi connectivity index (χ4n) is 2.36. The highest BCUT2D eigenvalue weighted by Crippen LogP contribution is 2.43. The summed E-state index contributed by atoms with van der Waals surface area (Å²) in [4.78, 5) is 25.9. The summed E-state index contributed by atoms with van der Waals surface area (Å²) in [5.41, 5.74) is 0. The molecule has 1 saturated heterocycles. The van der Waals surface area contributed by atoms with Gasteiger partial charge in [-0.2, -0.15) is 0 Å². The molecule has 0 bridgehead atoms. The van der Waals surface area contributed by atoms with E-state index in [-0.39, 0.29) is 18.4 Å². The first-order valence-electron chi connectivity index (χ1n) is 5.81. The average molecular weight is 332 g/mol. The number of carbonyl (C=O) groups excluding carboxylic acids is 1. The van der Waals surface area contributed by atoms with E-state index in [9.17, 15) is 14.7 Å². The summed E-state index contributed by atoms with van der Waals surface area (Å²) in [6, 6.07) is 1.57. The first kappa shape index (κ1) is 13.5. The van der Waals surface area contributed by atoms with Crippen molar-refractivity contribution in [2.45, 2.75) is 25.8 Å². The van der Waals surface area contributed by atoms with Crippen LogP contribution in [0, 0.1) is 5.92 Å². The van der Waals surface area contributed by atoms with Gasteiger partial charge in [0.15, 0.2) is 0 Å². The molecular weight excluding hydrogens is 318 g/mol. The normalized spacial score (nSPS) is 23.7. The Morgan fingerprint density at radius 2 is 2.39 bits per heavy atom. The number of hydrogen-bond acceptors (Lipinski definition) is 3. The van der Waals surface area contributed by atoms with E-state index in [1.165, 1.54) is 11.3 Å². The second-order valence-electron chi connectivity index (χ2n) is 4.31. The van der Waals surface area contributed by atoms with Crippen molar-refractivity contribution >= 4 is 39.1 Å². The summed E-state index contributed by atoms with van der Waals surface area (Å²) in [7, 11) is 0. The number of amides is 1. The van der Waals surface area contributed by atoms with Crippen LogP contribution in [-0.2, 0) is 9.59 Å². The van der Waals surface area contributed by atoms with Gasteiger partial charge in [0.1, 0.15) is 0 Å². The molecule has 1 aromatic heterocycles. The second-order valence-corrected chi connectivity index (χ2v) is 6.12. The van der Waals surface area contributed by atoms with E-state index in [4.69, 9.17) is 0 Å². The standard InChI is InChI=1S/C12H14BrNO3S/c1-2-4-14-9(15)6-7(12(16)17)10(14)11-8(13)3-5-18-11/h3,5,7,10H,2,4,6H2,1H3,(H,16,17). The predicted octanol–water partition coefficient (Wildman–Crippen LogP) is 2.89. The highest BCUT2D eigenvalue weighted by Gasteiger charge is 2.45. The van der Waals surface area contributed by atoms with Crippen molar-refractivity contribution in [1.82, 2.24) is 4.90 Å². The van der Waals surface area contributed by atoms with Crippen LogP contribution in [0.25, 0.3) is 0 Å². The lowest BCUT2D eigenvalue weighted by atomic mass is 9.99. The van der Waals surface area contributed by atoms with Gasteiger partial charge in [0.25, 0.3) is 0 Å². The third-order valence-corrected chi connectivity index (χ3v) is 5.07. The lowest BCUT2D eigenvalue weighted by Crippen LogP contribution is -2.30. The first-order valence-corrected chi connectivity index (χ1v) is 7.48. The Kier molecular flexibility index (Phi) is 4.07. The van der Waals surface area contributed by atoms with Gasteiger partial charge in [-0.25, -0.2) is 0 Å². The summed E-state index contributed by atoms with van der Waals surface area (Å²) in [5.74, 6) is -1.60. The van der Waals surface area contributed by atoms with E-state index in [0.29, 0.717) is 6.54 Å². The largest absolute Gasteiger partial charge is 0.481 e. The molecule has 1 aliphatic heterocycles. The topological polar surface area (TPSA) is 57.6 Å². The third-order valence-electron chi connectivity index (χ3n) is 3.13. The van der Waals surface area contributed by atoms with Gasteiger partial charge < -0.3 is 10.0 Å². The van der Waals surface area contributed by atoms with Crippen molar-refractivity contribution in [3.05, 3.63) is 20.8 Å². The molecule has 2 rings (SSSR count). The minimum atomic E-state index is -0.896. The van der Waals surface area contributed by atoms with Crippen molar-refractivity contribution in [2.75, 3.05) is 6.54 Å². The lowest BCUT2D eigenvalue weighted by molar-refractivity contribution is -0.142. The van der Waals surface area contributed by atoms with Gasteiger partial charge >= 0.3 is 5.97 Å². The van der Waals surface area contributed by atoms with Crippen LogP contribution < -0.4 is 0 Å². The maximum atomic E-state index is 11.9. The van der Waals surface area contributed by atoms with Gasteiger partial charge in [-0.1, -0.05) is 6.92 Å². The molecule has 2 heterocycles. The lowest BCUT2D eigenvalue weighted by Gasteiger charge is -2.26. The number of halogens is 1. The molecule has 1 aliphatic rings. The number of carboxylic acid groups (broad SMARTS) is 1. The van der Waals surface area contributed by atoms with E-state index in [1.807, 2.05) is 18.4 Å². The quantitative estimate of drug-likeness (QED) is 0.922. The van der Waals surface area contributed by atoms with Gasteiger partial charge in [0, 0.05) is 22.3 Å². The number of carboxylic acids is 1. The maximum Gasteiger partial charge on any atom is 0.309 e. The number of rotatable bonds is 4. The van der Waals surface area contributed by atoms with E-state index in [2.05, 4.69) is 15.9 Å². The van der Waals surface area contributed by atoms with Crippen LogP contribution in [0.5, 0.6) is 0 Å². The number of aliphatic carboxylic acids is 1. The summed E-state index contributed by atoms with van der Waals surface area (Å²) >= 11 is 4.93. The molecule has 4 nitrogen and oxygen atoms in total. The van der Waals surface area contributed by atoms with Crippen molar-refractivity contribution in [2.24, 2.45) is 5.92 Å². The number of likely N-dealkylation sites (tertiary alicyclic amines) is 1. The smallest absolute Gasteiger partial charge is 0.309 e. The molecule has 1 fully saturated rings. The average Bonchev–Trinajstić information content (AvgIpc) is 2.85. The van der Waals surface area contributed by atoms with E-state index < -0.39 is 11.9 Å². The summed E-state index contributed by atoms with van der Waals surface area (Å²) < 4.78 is 0.888. The number of hydrogen-bond donors (Lipinski definition) is 1. The zero-order valence-corrected chi connectivity index (χ0v) is 12.3. The molecule has 0 aliphatic carbocycles. The van der Waals surface area contributed by atoms with Crippen molar-refractivity contribution in [3.8, 4) is 0 Å². The van der Waals surface area contributed by atoms with Crippen LogP contribution in [0.1, 0.15) is 30.7 Å². The van der Waals surface area contributed by atoms with Gasteiger partial charge in [-0.3, -0.25) is 9.59 Å². The molecule has 1 amide bonds. The SMILES string of the molecule is CCCN1C(=O)CC(C(=O)O)C1c1sccc1Br. The maximum absolute atomic E-state index is 11.9. The van der Waals surface area contributed by atoms with Crippen molar-refractivity contribution < 1.29 is 14.7 Å². The monoisotopic (exact) mass is 331 g/mol. The highest BCUT2D eigenvalue weighted by atomic mass is 79.9. The van der Waals surface area contributed by atoms with Crippen LogP contribution >= 0.6 is 27.3 Å². The number of nitrogens with zero attached hydrogens (tertiary/aromatic N) is 1. The highest BCUT2D eigenvalue weighted by molar-refractivity contribution is 9.10. The van der Waals surface area contributed by atoms with E-state index in [1.54, 1.807) is 4.90 Å². The van der Waals surface area contributed by atoms with E-state index >= 15 is 0 Å². The van der Waals surface area contributed by atoms with Crippen LogP contribution in [0.2, 0.25) is 0 Å². The fraction of sp³-hybridized carbons (Fsp3) is 0.500. The molecule has 0 saturated carbocycles. The molecule has 18 heavy (non-hydrogen) atoms. The first-order chi connectivity index (χ1) is 8.56. The third kappa shape index (κ3) is 2.31. The van der Waals surface area contributed by atoms with Crippen LogP contribution in [-0.4, -0.2) is 28.4 Å². The Labute approximate surface area is 118 Å². The molecule has 1 aromatic rings. The molecule has 2 unspecified atom stereocenters. The predicted molar refractivity (Wildman–Crippen MR) is 72.5 cm³/mol. The van der Waals surface area contributed by atoms with E-state index in [0.717, 1.165) is 15.8 Å². The summed E-state index contributed by atoms with van der Waals surface area (Å²) in [6.07, 6.45) is 0.932. The van der Waals surface area contributed by atoms with Gasteiger partial charge in [0.05, 0.1) is 12.0 Å². The number of thiophene rings is 1. The Hall–Kier alpha value is -0.880. The Morgan fingerprint density at radius 1 is 1.67 bits per heavy atom. The molecule has 2 atom stereocenters. The second kappa shape index (κ2) is 5.40. The molecule has 0 radical (unpaired) electrons. The van der Waals surface area contributed by atoms with Crippen LogP contribution in [0.4, 0.5) is 0 Å². The van der Waals surface area contributed by atoms with Gasteiger partial charge in [-0.15, -0.1) is 11.3 Å². The molecule has 0 aromatic carbocycles. The zero-order valence-electron chi connectivity index (χ0n) is 9.93. The summed E-state index contributed by atoms with van der Waals surface area (Å²) in [6.45, 7) is 2.60. The molecular formula is C12H14BrNO3S. The molecule has 1 N–H and O–H groups in total. The van der Waals surface area contributed by atoms with Gasteiger partial charge in [-0.05, 0) is 33.8 Å². The Bertz CT molecular complexity index is 474. The number of carbonyl (C=O) groups is 2. The molecule has 0 spiro atoms. The van der Waals surface area contributed by atoms with Gasteiger partial charge in [0.2, 0.25) is 5.91 Å². The van der Waals surface area contributed by atoms with Crippen LogP contribution in [0.3, 0.4) is 0 Å². The zero-order chi connectivity index (χ0) is 13.3. The van der Waals surface area contributed by atoms with Crippen molar-refractivity contribution in [3.63, 3.8) is 0 Å². The molecule has 98 valence electrons.